The summed E-state index contributed by atoms with van der Waals surface area (Å²) in [4.78, 5) is 10.4. The number of hydrogen-bond donors (Lipinski definition) is 2. The lowest BCUT2D eigenvalue weighted by atomic mass is 10.1. The van der Waals surface area contributed by atoms with E-state index >= 15 is 0 Å². The molecule has 0 saturated heterocycles. The van der Waals surface area contributed by atoms with E-state index in [1.54, 1.807) is 0 Å². The van der Waals surface area contributed by atoms with Crippen molar-refractivity contribution in [3.63, 3.8) is 0 Å². The quantitative estimate of drug-likeness (QED) is 0.640. The number of halogens is 4. The first-order valence-electron chi connectivity index (χ1n) is 3.60. The lowest BCUT2D eigenvalue weighted by Crippen LogP contribution is -2.12. The zero-order chi connectivity index (χ0) is 11.7. The zero-order valence-corrected chi connectivity index (χ0v) is 10.1. The Morgan fingerprint density at radius 1 is 1.33 bits per heavy atom. The average Bonchev–Trinajstić information content (AvgIpc) is 2.19. The van der Waals surface area contributed by atoms with Crippen LogP contribution in [0.1, 0.15) is 11.7 Å². The third-order valence-electron chi connectivity index (χ3n) is 1.66. The predicted octanol–water partition coefficient (Wildman–Crippen LogP) is 2.61. The molecule has 1 unspecified atom stereocenters. The zero-order valence-electron chi connectivity index (χ0n) is 6.97. The van der Waals surface area contributed by atoms with Crippen molar-refractivity contribution < 1.29 is 23.8 Å². The van der Waals surface area contributed by atoms with Gasteiger partial charge in [-0.25, -0.2) is 13.6 Å². The molecule has 0 spiro atoms. The number of carbonyl (C=O) groups is 1. The fourth-order valence-electron chi connectivity index (χ4n) is 0.923. The molecule has 0 bridgehead atoms. The highest BCUT2D eigenvalue weighted by atomic mass is 79.9. The number of hydrogen-bond acceptors (Lipinski definition) is 2. The highest BCUT2D eigenvalue weighted by Crippen LogP contribution is 2.33. The molecular weight excluding hydrogens is 342 g/mol. The minimum absolute atomic E-state index is 0.286. The van der Waals surface area contributed by atoms with E-state index in [9.17, 15) is 13.6 Å². The van der Waals surface area contributed by atoms with Crippen molar-refractivity contribution >= 4 is 37.8 Å². The maximum atomic E-state index is 13.2. The van der Waals surface area contributed by atoms with Crippen molar-refractivity contribution in [1.29, 1.82) is 0 Å². The number of aliphatic hydroxyl groups excluding tert-OH is 1. The molecule has 0 radical (unpaired) electrons. The molecule has 0 aromatic heterocycles. The van der Waals surface area contributed by atoms with Gasteiger partial charge in [0, 0.05) is 5.56 Å². The topological polar surface area (TPSA) is 57.5 Å². The predicted molar refractivity (Wildman–Crippen MR) is 54.4 cm³/mol. The van der Waals surface area contributed by atoms with Crippen molar-refractivity contribution in [2.24, 2.45) is 0 Å². The van der Waals surface area contributed by atoms with Gasteiger partial charge in [-0.3, -0.25) is 0 Å². The van der Waals surface area contributed by atoms with Gasteiger partial charge < -0.3 is 10.2 Å². The second-order valence-electron chi connectivity index (χ2n) is 2.63. The lowest BCUT2D eigenvalue weighted by molar-refractivity contribution is -0.147. The van der Waals surface area contributed by atoms with Crippen LogP contribution in [0.4, 0.5) is 8.78 Å². The molecule has 0 saturated carbocycles. The summed E-state index contributed by atoms with van der Waals surface area (Å²) in [5.41, 5.74) is -0.374. The van der Waals surface area contributed by atoms with Gasteiger partial charge in [-0.1, -0.05) is 0 Å². The van der Waals surface area contributed by atoms with Crippen LogP contribution in [0.2, 0.25) is 0 Å². The Morgan fingerprint density at radius 3 is 2.33 bits per heavy atom. The van der Waals surface area contributed by atoms with Gasteiger partial charge in [0.05, 0.1) is 8.95 Å². The lowest BCUT2D eigenvalue weighted by Gasteiger charge is -2.10. The summed E-state index contributed by atoms with van der Waals surface area (Å²) in [5.74, 6) is -3.56. The van der Waals surface area contributed by atoms with Crippen LogP contribution in [-0.4, -0.2) is 16.2 Å². The largest absolute Gasteiger partial charge is 0.479 e. The molecule has 0 aliphatic carbocycles. The second-order valence-corrected chi connectivity index (χ2v) is 4.22. The summed E-state index contributed by atoms with van der Waals surface area (Å²) in [6.45, 7) is 0. The summed E-state index contributed by atoms with van der Waals surface area (Å²) >= 11 is 5.38. The standard InChI is InChI=1S/C8H4Br2F2O3/c9-4-2(7(13)8(14)15)1-3(11)5(10)6(4)12/h1,7,13H,(H,14,15). The number of aliphatic carboxylic acids is 1. The van der Waals surface area contributed by atoms with Crippen LogP contribution in [-0.2, 0) is 4.79 Å². The van der Waals surface area contributed by atoms with Crippen molar-refractivity contribution in [3.8, 4) is 0 Å². The third kappa shape index (κ3) is 2.35. The molecule has 15 heavy (non-hydrogen) atoms. The van der Waals surface area contributed by atoms with Crippen LogP contribution < -0.4 is 0 Å². The summed E-state index contributed by atoms with van der Waals surface area (Å²) in [5, 5.41) is 17.6. The van der Waals surface area contributed by atoms with Gasteiger partial charge in [-0.15, -0.1) is 0 Å². The summed E-state index contributed by atoms with van der Waals surface area (Å²) < 4.78 is 25.6. The highest BCUT2D eigenvalue weighted by Gasteiger charge is 2.24. The summed E-state index contributed by atoms with van der Waals surface area (Å²) in [6, 6.07) is 0.746. The minimum Gasteiger partial charge on any atom is -0.479 e. The normalized spacial score (nSPS) is 12.6. The van der Waals surface area contributed by atoms with Gasteiger partial charge in [0.2, 0.25) is 0 Å². The van der Waals surface area contributed by atoms with Crippen molar-refractivity contribution in [2.45, 2.75) is 6.10 Å². The van der Waals surface area contributed by atoms with Gasteiger partial charge in [-0.05, 0) is 37.9 Å². The van der Waals surface area contributed by atoms with Gasteiger partial charge in [0.15, 0.2) is 11.9 Å². The molecule has 1 aromatic carbocycles. The van der Waals surface area contributed by atoms with Crippen molar-refractivity contribution in [1.82, 2.24) is 0 Å². The Hall–Kier alpha value is -0.530. The molecule has 0 heterocycles. The van der Waals surface area contributed by atoms with E-state index in [4.69, 9.17) is 10.2 Å². The van der Waals surface area contributed by atoms with E-state index < -0.39 is 28.2 Å². The van der Waals surface area contributed by atoms with E-state index in [2.05, 4.69) is 31.9 Å². The second kappa shape index (κ2) is 4.54. The van der Waals surface area contributed by atoms with Crippen LogP contribution in [0.25, 0.3) is 0 Å². The molecular formula is C8H4Br2F2O3. The number of aliphatic hydroxyl groups is 1. The Balaban J connectivity index is 3.38. The SMILES string of the molecule is O=C(O)C(O)c1cc(F)c(Br)c(F)c1Br. The monoisotopic (exact) mass is 344 g/mol. The average molecular weight is 346 g/mol. The maximum absolute atomic E-state index is 13.2. The number of benzene rings is 1. The Bertz CT molecular complexity index is 423. The molecule has 2 N–H and O–H groups in total. The minimum atomic E-state index is -1.98. The first-order chi connectivity index (χ1) is 6.86. The van der Waals surface area contributed by atoms with E-state index in [-0.39, 0.29) is 10.0 Å². The van der Waals surface area contributed by atoms with E-state index in [1.807, 2.05) is 0 Å². The molecule has 0 aliphatic heterocycles. The summed E-state index contributed by atoms with van der Waals surface area (Å²) in [7, 11) is 0. The van der Waals surface area contributed by atoms with Crippen molar-refractivity contribution in [2.75, 3.05) is 0 Å². The van der Waals surface area contributed by atoms with Crippen LogP contribution in [0.15, 0.2) is 15.0 Å². The number of carboxylic acid groups (broad SMARTS) is 1. The third-order valence-corrected chi connectivity index (χ3v) is 3.19. The van der Waals surface area contributed by atoms with Gasteiger partial charge in [-0.2, -0.15) is 0 Å². The van der Waals surface area contributed by atoms with Crippen LogP contribution >= 0.6 is 31.9 Å². The fourth-order valence-corrected chi connectivity index (χ4v) is 2.03. The molecule has 0 fully saturated rings. The molecule has 1 atom stereocenters. The van der Waals surface area contributed by atoms with E-state index in [0.717, 1.165) is 6.07 Å². The number of rotatable bonds is 2. The summed E-state index contributed by atoms with van der Waals surface area (Å²) in [6.07, 6.45) is -1.98. The Labute approximate surface area is 100.0 Å². The molecule has 1 rings (SSSR count). The fraction of sp³-hybridized carbons (Fsp3) is 0.125. The van der Waals surface area contributed by atoms with Crippen LogP contribution in [0.3, 0.4) is 0 Å². The molecule has 3 nitrogen and oxygen atoms in total. The van der Waals surface area contributed by atoms with Crippen molar-refractivity contribution in [3.05, 3.63) is 32.2 Å². The highest BCUT2D eigenvalue weighted by molar-refractivity contribution is 9.11. The molecule has 7 heteroatoms. The first-order valence-corrected chi connectivity index (χ1v) is 5.18. The number of carboxylic acids is 1. The first kappa shape index (κ1) is 12.5. The molecule has 82 valence electrons. The molecule has 0 aliphatic rings. The van der Waals surface area contributed by atoms with E-state index in [1.165, 1.54) is 0 Å². The van der Waals surface area contributed by atoms with Gasteiger partial charge in [0.1, 0.15) is 5.82 Å². The van der Waals surface area contributed by atoms with Crippen LogP contribution in [0.5, 0.6) is 0 Å². The Kier molecular flexibility index (Phi) is 3.80. The Morgan fingerprint density at radius 2 is 1.87 bits per heavy atom. The van der Waals surface area contributed by atoms with E-state index in [0.29, 0.717) is 0 Å². The molecule has 0 amide bonds. The smallest absolute Gasteiger partial charge is 0.337 e. The molecule has 1 aromatic rings. The maximum Gasteiger partial charge on any atom is 0.337 e. The van der Waals surface area contributed by atoms with Gasteiger partial charge in [0.25, 0.3) is 0 Å². The van der Waals surface area contributed by atoms with Gasteiger partial charge >= 0.3 is 5.97 Å². The van der Waals surface area contributed by atoms with Crippen LogP contribution in [0, 0.1) is 11.6 Å².